The Morgan fingerprint density at radius 1 is 0.533 bits per heavy atom. The van der Waals surface area contributed by atoms with Gasteiger partial charge in [-0.2, -0.15) is 0 Å². The van der Waals surface area contributed by atoms with Crippen molar-refractivity contribution in [3.63, 3.8) is 0 Å². The molecule has 0 unspecified atom stereocenters. The first kappa shape index (κ1) is 34.5. The average Bonchev–Trinajstić information content (AvgIpc) is 3.21. The Bertz CT molecular complexity index is 1690. The SMILES string of the molecule is Cc1cc(C)c(N=C(c2ccccc2)c2c(C)c(C)c(C(=Nc3c(C)cc(C)cc3C)c3ccccc3)n2C)c(C)c1.[Cl][Fe][Cl]. The molecule has 0 amide bonds. The van der Waals surface area contributed by atoms with Crippen LogP contribution in [0.3, 0.4) is 0 Å². The van der Waals surface area contributed by atoms with Gasteiger partial charge in [-0.25, -0.2) is 9.98 Å². The summed E-state index contributed by atoms with van der Waals surface area (Å²) < 4.78 is 2.31. The van der Waals surface area contributed by atoms with Gasteiger partial charge < -0.3 is 4.57 Å². The number of aliphatic imine (C=N–C) groups is 2. The van der Waals surface area contributed by atoms with Gasteiger partial charge >= 0.3 is 33.3 Å². The van der Waals surface area contributed by atoms with E-state index >= 15 is 0 Å². The summed E-state index contributed by atoms with van der Waals surface area (Å²) in [6.07, 6.45) is 0. The second-order valence-corrected chi connectivity index (χ2v) is 13.5. The van der Waals surface area contributed by atoms with E-state index in [-0.39, 0.29) is 13.1 Å². The molecule has 0 aliphatic carbocycles. The number of hydrogen-bond donors (Lipinski definition) is 0. The molecule has 0 spiro atoms. The van der Waals surface area contributed by atoms with Crippen LogP contribution in [0.1, 0.15) is 67.0 Å². The minimum atomic E-state index is 0.194. The number of aromatic nitrogens is 1. The van der Waals surface area contributed by atoms with E-state index in [4.69, 9.17) is 30.2 Å². The van der Waals surface area contributed by atoms with Crippen LogP contribution in [-0.2, 0) is 20.2 Å². The molecule has 0 radical (unpaired) electrons. The number of rotatable bonds is 6. The quantitative estimate of drug-likeness (QED) is 0.126. The summed E-state index contributed by atoms with van der Waals surface area (Å²) in [4.78, 5) is 10.9. The van der Waals surface area contributed by atoms with Crippen LogP contribution >= 0.6 is 20.2 Å². The Balaban J connectivity index is 0.00000148. The fraction of sp³-hybridized carbons (Fsp3) is 0.231. The van der Waals surface area contributed by atoms with Crippen LogP contribution in [0.5, 0.6) is 0 Å². The standard InChI is InChI=1S/C39H41N3.2ClH.Fe/c1-24-20-26(3)34(27(4)21-24)40-36(32-16-12-10-13-17-32)38-30(7)31(8)39(42(38)9)37(33-18-14-11-15-19-33)41-35-28(5)22-25(2)23-29(35)6;;;/h10-23H,1-9H3;2*1H;/q;;;+2/p-2. The number of halogens is 2. The molecule has 6 heteroatoms. The van der Waals surface area contributed by atoms with Crippen molar-refractivity contribution >= 4 is 43.0 Å². The average molecular weight is 679 g/mol. The molecule has 45 heavy (non-hydrogen) atoms. The Morgan fingerprint density at radius 2 is 0.822 bits per heavy atom. The van der Waals surface area contributed by atoms with Crippen LogP contribution in [0, 0.1) is 55.4 Å². The summed E-state index contributed by atoms with van der Waals surface area (Å²) in [7, 11) is 11.7. The van der Waals surface area contributed by atoms with Gasteiger partial charge in [-0.05, 0) is 88.8 Å². The molecule has 1 heterocycles. The third-order valence-corrected chi connectivity index (χ3v) is 8.20. The third kappa shape index (κ3) is 7.71. The summed E-state index contributed by atoms with van der Waals surface area (Å²) >= 11 is 0.194. The maximum atomic E-state index is 5.43. The van der Waals surface area contributed by atoms with E-state index in [1.54, 1.807) is 0 Å². The van der Waals surface area contributed by atoms with Crippen molar-refractivity contribution in [2.75, 3.05) is 0 Å². The summed E-state index contributed by atoms with van der Waals surface area (Å²) in [6.45, 7) is 17.3. The molecular weight excluding hydrogens is 637 g/mol. The van der Waals surface area contributed by atoms with E-state index in [1.807, 2.05) is 0 Å². The third-order valence-electron chi connectivity index (χ3n) is 8.20. The van der Waals surface area contributed by atoms with Gasteiger partial charge in [-0.1, -0.05) is 96.1 Å². The second kappa shape index (κ2) is 15.3. The molecule has 0 saturated carbocycles. The molecule has 0 aliphatic heterocycles. The van der Waals surface area contributed by atoms with Crippen molar-refractivity contribution in [3.8, 4) is 0 Å². The van der Waals surface area contributed by atoms with E-state index in [0.29, 0.717) is 0 Å². The van der Waals surface area contributed by atoms with Gasteiger partial charge in [0.15, 0.2) is 0 Å². The van der Waals surface area contributed by atoms with Gasteiger partial charge in [0.2, 0.25) is 0 Å². The molecule has 0 atom stereocenters. The molecular formula is C39H41Cl2FeN3. The Morgan fingerprint density at radius 3 is 1.11 bits per heavy atom. The molecule has 3 nitrogen and oxygen atoms in total. The van der Waals surface area contributed by atoms with E-state index in [0.717, 1.165) is 45.3 Å². The van der Waals surface area contributed by atoms with Crippen molar-refractivity contribution in [2.45, 2.75) is 55.4 Å². The zero-order valence-electron chi connectivity index (χ0n) is 27.5. The van der Waals surface area contributed by atoms with Crippen molar-refractivity contribution in [3.05, 3.63) is 152 Å². The van der Waals surface area contributed by atoms with Crippen LogP contribution in [0.2, 0.25) is 0 Å². The Kier molecular flexibility index (Phi) is 11.7. The van der Waals surface area contributed by atoms with Crippen LogP contribution in [0.25, 0.3) is 0 Å². The monoisotopic (exact) mass is 677 g/mol. The van der Waals surface area contributed by atoms with Gasteiger partial charge in [0.25, 0.3) is 0 Å². The van der Waals surface area contributed by atoms with E-state index < -0.39 is 0 Å². The molecule has 0 N–H and O–H groups in total. The maximum absolute atomic E-state index is 5.43. The Labute approximate surface area is 283 Å². The van der Waals surface area contributed by atoms with Gasteiger partial charge in [0.1, 0.15) is 0 Å². The predicted molar refractivity (Wildman–Crippen MR) is 191 cm³/mol. The summed E-state index contributed by atoms with van der Waals surface area (Å²) in [6, 6.07) is 30.0. The van der Waals surface area contributed by atoms with Gasteiger partial charge in [0.05, 0.1) is 34.2 Å². The van der Waals surface area contributed by atoms with Crippen molar-refractivity contribution in [1.29, 1.82) is 0 Å². The number of aryl methyl sites for hydroxylation is 6. The van der Waals surface area contributed by atoms with E-state index in [1.165, 1.54) is 44.5 Å². The van der Waals surface area contributed by atoms with Crippen molar-refractivity contribution < 1.29 is 13.1 Å². The fourth-order valence-electron chi connectivity index (χ4n) is 6.26. The molecule has 0 bridgehead atoms. The summed E-state index contributed by atoms with van der Waals surface area (Å²) in [5, 5.41) is 0. The molecule has 0 saturated heterocycles. The molecule has 0 fully saturated rings. The predicted octanol–water partition coefficient (Wildman–Crippen LogP) is 11.2. The minimum absolute atomic E-state index is 0.194. The number of nitrogens with zero attached hydrogens (tertiary/aromatic N) is 3. The van der Waals surface area contributed by atoms with Crippen molar-refractivity contribution in [2.24, 2.45) is 17.0 Å². The van der Waals surface area contributed by atoms with E-state index in [9.17, 15) is 0 Å². The van der Waals surface area contributed by atoms with Crippen LogP contribution in [0.4, 0.5) is 11.4 Å². The normalized spacial score (nSPS) is 11.9. The molecule has 1 aromatic heterocycles. The zero-order chi connectivity index (χ0) is 32.8. The summed E-state index contributed by atoms with van der Waals surface area (Å²) in [5.41, 5.74) is 18.0. The topological polar surface area (TPSA) is 29.6 Å². The molecule has 0 aliphatic rings. The Hall–Kier alpha value is -3.40. The van der Waals surface area contributed by atoms with Gasteiger partial charge in [0, 0.05) is 18.2 Å². The number of benzene rings is 4. The number of hydrogen-bond acceptors (Lipinski definition) is 2. The first-order chi connectivity index (χ1) is 21.5. The van der Waals surface area contributed by atoms with Crippen LogP contribution < -0.4 is 0 Å². The van der Waals surface area contributed by atoms with Crippen LogP contribution in [-0.4, -0.2) is 16.0 Å². The molecule has 5 rings (SSSR count). The first-order valence-corrected chi connectivity index (χ1v) is 18.0. The first-order valence-electron chi connectivity index (χ1n) is 14.9. The molecule has 5 aromatic rings. The summed E-state index contributed by atoms with van der Waals surface area (Å²) in [5.74, 6) is 0. The zero-order valence-corrected chi connectivity index (χ0v) is 30.2. The molecule has 234 valence electrons. The van der Waals surface area contributed by atoms with Crippen LogP contribution in [0.15, 0.2) is 94.9 Å². The second-order valence-electron chi connectivity index (χ2n) is 11.7. The van der Waals surface area contributed by atoms with E-state index in [2.05, 4.69) is 152 Å². The fourth-order valence-corrected chi connectivity index (χ4v) is 6.26. The van der Waals surface area contributed by atoms with Crippen molar-refractivity contribution in [1.82, 2.24) is 4.57 Å². The molecule has 4 aromatic carbocycles. The van der Waals surface area contributed by atoms with Gasteiger partial charge in [-0.15, -0.1) is 0 Å². The van der Waals surface area contributed by atoms with Gasteiger partial charge in [-0.3, -0.25) is 0 Å².